The number of nitrogens with two attached hydrogens (primary N) is 1. The molecule has 2 atom stereocenters. The van der Waals surface area contributed by atoms with Crippen molar-refractivity contribution in [1.29, 1.82) is 0 Å². The molecule has 0 aromatic carbocycles. The second-order valence-corrected chi connectivity index (χ2v) is 6.05. The van der Waals surface area contributed by atoms with Gasteiger partial charge in [0.05, 0.1) is 0 Å². The Morgan fingerprint density at radius 3 is 3.00 bits per heavy atom. The molecule has 1 aliphatic heterocycles. The summed E-state index contributed by atoms with van der Waals surface area (Å²) in [6.45, 7) is 3.41. The highest BCUT2D eigenvalue weighted by molar-refractivity contribution is 7.07. The molecule has 1 aromatic rings. The summed E-state index contributed by atoms with van der Waals surface area (Å²) in [6, 6.07) is 2.97. The SMILES string of the molecule is CN1CCCN(C)C(C(Cc2ccsc2)NN)C1. The number of hydrazine groups is 1. The molecule has 1 fully saturated rings. The normalized spacial score (nSPS) is 24.9. The zero-order chi connectivity index (χ0) is 13.0. The summed E-state index contributed by atoms with van der Waals surface area (Å²) in [4.78, 5) is 4.85. The van der Waals surface area contributed by atoms with E-state index in [1.807, 2.05) is 0 Å². The molecule has 2 heterocycles. The van der Waals surface area contributed by atoms with Crippen LogP contribution in [0, 0.1) is 0 Å². The zero-order valence-electron chi connectivity index (χ0n) is 11.3. The van der Waals surface area contributed by atoms with Crippen LogP contribution in [0.2, 0.25) is 0 Å². The van der Waals surface area contributed by atoms with Crippen molar-refractivity contribution in [2.75, 3.05) is 33.7 Å². The van der Waals surface area contributed by atoms with Gasteiger partial charge in [-0.1, -0.05) is 0 Å². The van der Waals surface area contributed by atoms with Crippen molar-refractivity contribution in [3.05, 3.63) is 22.4 Å². The van der Waals surface area contributed by atoms with E-state index in [9.17, 15) is 0 Å². The molecule has 1 aliphatic rings. The van der Waals surface area contributed by atoms with Crippen LogP contribution >= 0.6 is 11.3 Å². The largest absolute Gasteiger partial charge is 0.305 e. The molecule has 102 valence electrons. The molecule has 0 radical (unpaired) electrons. The van der Waals surface area contributed by atoms with Crippen molar-refractivity contribution >= 4 is 11.3 Å². The summed E-state index contributed by atoms with van der Waals surface area (Å²) in [6.07, 6.45) is 2.24. The van der Waals surface area contributed by atoms with Crippen LogP contribution in [0.4, 0.5) is 0 Å². The fourth-order valence-corrected chi connectivity index (χ4v) is 3.39. The van der Waals surface area contributed by atoms with Crippen LogP contribution in [0.3, 0.4) is 0 Å². The monoisotopic (exact) mass is 268 g/mol. The molecule has 0 amide bonds. The van der Waals surface area contributed by atoms with Gasteiger partial charge in [0.2, 0.25) is 0 Å². The summed E-state index contributed by atoms with van der Waals surface area (Å²) < 4.78 is 0. The zero-order valence-corrected chi connectivity index (χ0v) is 12.1. The van der Waals surface area contributed by atoms with Crippen LogP contribution < -0.4 is 11.3 Å². The van der Waals surface area contributed by atoms with E-state index in [1.165, 1.54) is 18.5 Å². The Balaban J connectivity index is 2.04. The Kier molecular flexibility index (Phi) is 5.14. The van der Waals surface area contributed by atoms with Gasteiger partial charge >= 0.3 is 0 Å². The first-order valence-electron chi connectivity index (χ1n) is 6.56. The molecule has 0 bridgehead atoms. The van der Waals surface area contributed by atoms with Gasteiger partial charge in [-0.05, 0) is 62.4 Å². The number of likely N-dealkylation sites (N-methyl/N-ethyl adjacent to an activating group) is 2. The average molecular weight is 268 g/mol. The van der Waals surface area contributed by atoms with E-state index in [1.54, 1.807) is 11.3 Å². The van der Waals surface area contributed by atoms with Crippen molar-refractivity contribution in [3.63, 3.8) is 0 Å². The minimum atomic E-state index is 0.310. The van der Waals surface area contributed by atoms with Crippen molar-refractivity contribution < 1.29 is 0 Å². The molecule has 0 spiro atoms. The molecule has 5 heteroatoms. The molecular formula is C13H24N4S. The fraction of sp³-hybridized carbons (Fsp3) is 0.692. The van der Waals surface area contributed by atoms with Gasteiger partial charge in [-0.15, -0.1) is 0 Å². The van der Waals surface area contributed by atoms with Gasteiger partial charge in [0.15, 0.2) is 0 Å². The molecule has 1 saturated heterocycles. The first-order chi connectivity index (χ1) is 8.70. The summed E-state index contributed by atoms with van der Waals surface area (Å²) in [5.41, 5.74) is 4.40. The van der Waals surface area contributed by atoms with Crippen LogP contribution in [-0.2, 0) is 6.42 Å². The molecule has 4 nitrogen and oxygen atoms in total. The molecule has 2 rings (SSSR count). The second kappa shape index (κ2) is 6.63. The molecule has 3 N–H and O–H groups in total. The van der Waals surface area contributed by atoms with Gasteiger partial charge in [0, 0.05) is 18.6 Å². The summed E-state index contributed by atoms with van der Waals surface area (Å²) in [7, 11) is 4.41. The van der Waals surface area contributed by atoms with Gasteiger partial charge in [-0.2, -0.15) is 11.3 Å². The number of rotatable bonds is 4. The highest BCUT2D eigenvalue weighted by atomic mass is 32.1. The highest BCUT2D eigenvalue weighted by Gasteiger charge is 2.27. The predicted molar refractivity (Wildman–Crippen MR) is 77.7 cm³/mol. The van der Waals surface area contributed by atoms with Crippen LogP contribution in [0.1, 0.15) is 12.0 Å². The van der Waals surface area contributed by atoms with E-state index < -0.39 is 0 Å². The summed E-state index contributed by atoms with van der Waals surface area (Å²) in [5.74, 6) is 5.79. The third-order valence-corrected chi connectivity index (χ3v) is 4.56. The number of thiophene rings is 1. The quantitative estimate of drug-likeness (QED) is 0.625. The van der Waals surface area contributed by atoms with Crippen LogP contribution in [0.5, 0.6) is 0 Å². The average Bonchev–Trinajstić information content (AvgIpc) is 2.80. The van der Waals surface area contributed by atoms with E-state index in [2.05, 4.69) is 46.1 Å². The Bertz CT molecular complexity index is 341. The maximum Gasteiger partial charge on any atom is 0.0419 e. The number of nitrogens with one attached hydrogen (secondary N) is 1. The lowest BCUT2D eigenvalue weighted by Gasteiger charge is -2.34. The van der Waals surface area contributed by atoms with Crippen LogP contribution in [-0.4, -0.2) is 55.6 Å². The fourth-order valence-electron chi connectivity index (χ4n) is 2.71. The van der Waals surface area contributed by atoms with Gasteiger partial charge in [0.25, 0.3) is 0 Å². The van der Waals surface area contributed by atoms with Gasteiger partial charge in [0.1, 0.15) is 0 Å². The van der Waals surface area contributed by atoms with E-state index in [0.29, 0.717) is 12.1 Å². The van der Waals surface area contributed by atoms with Crippen molar-refractivity contribution in [1.82, 2.24) is 15.2 Å². The smallest absolute Gasteiger partial charge is 0.0419 e. The molecule has 18 heavy (non-hydrogen) atoms. The van der Waals surface area contributed by atoms with Crippen LogP contribution in [0.15, 0.2) is 16.8 Å². The third-order valence-electron chi connectivity index (χ3n) is 3.83. The van der Waals surface area contributed by atoms with Gasteiger partial charge < -0.3 is 9.80 Å². The highest BCUT2D eigenvalue weighted by Crippen LogP contribution is 2.15. The second-order valence-electron chi connectivity index (χ2n) is 5.27. The van der Waals surface area contributed by atoms with Crippen molar-refractivity contribution in [2.24, 2.45) is 5.84 Å². The maximum absolute atomic E-state index is 5.79. The summed E-state index contributed by atoms with van der Waals surface area (Å²) in [5, 5.41) is 4.34. The lowest BCUT2D eigenvalue weighted by Crippen LogP contribution is -2.55. The molecule has 0 aliphatic carbocycles. The van der Waals surface area contributed by atoms with E-state index in [4.69, 9.17) is 5.84 Å². The minimum Gasteiger partial charge on any atom is -0.305 e. The Morgan fingerprint density at radius 1 is 1.50 bits per heavy atom. The minimum absolute atomic E-state index is 0.310. The van der Waals surface area contributed by atoms with E-state index in [0.717, 1.165) is 19.5 Å². The van der Waals surface area contributed by atoms with Gasteiger partial charge in [-0.3, -0.25) is 11.3 Å². The maximum atomic E-state index is 5.79. The Labute approximate surface area is 114 Å². The molecular weight excluding hydrogens is 244 g/mol. The van der Waals surface area contributed by atoms with Crippen molar-refractivity contribution in [2.45, 2.75) is 24.9 Å². The molecule has 0 saturated carbocycles. The number of hydrogen-bond acceptors (Lipinski definition) is 5. The first kappa shape index (κ1) is 14.0. The van der Waals surface area contributed by atoms with Crippen molar-refractivity contribution in [3.8, 4) is 0 Å². The standard InChI is InChI=1S/C13H24N4S/c1-16-5-3-6-17(2)13(9-16)12(15-14)8-11-4-7-18-10-11/h4,7,10,12-13,15H,3,5-6,8-9,14H2,1-2H3. The lowest BCUT2D eigenvalue weighted by molar-refractivity contribution is 0.177. The first-order valence-corrected chi connectivity index (χ1v) is 7.51. The van der Waals surface area contributed by atoms with E-state index >= 15 is 0 Å². The Morgan fingerprint density at radius 2 is 2.33 bits per heavy atom. The third kappa shape index (κ3) is 3.52. The lowest BCUT2D eigenvalue weighted by atomic mass is 10.0. The molecule has 1 aromatic heterocycles. The number of hydrogen-bond donors (Lipinski definition) is 2. The summed E-state index contributed by atoms with van der Waals surface area (Å²) >= 11 is 1.75. The van der Waals surface area contributed by atoms with Crippen LogP contribution in [0.25, 0.3) is 0 Å². The Hall–Kier alpha value is -0.460. The van der Waals surface area contributed by atoms with E-state index in [-0.39, 0.29) is 0 Å². The number of nitrogens with zero attached hydrogens (tertiary/aromatic N) is 2. The molecule has 2 unspecified atom stereocenters. The predicted octanol–water partition coefficient (Wildman–Crippen LogP) is 0.758. The van der Waals surface area contributed by atoms with Gasteiger partial charge in [-0.25, -0.2) is 0 Å². The topological polar surface area (TPSA) is 44.5 Å².